The highest BCUT2D eigenvalue weighted by Crippen LogP contribution is 2.37. The van der Waals surface area contributed by atoms with Crippen LogP contribution in [0.3, 0.4) is 0 Å². The Morgan fingerprint density at radius 2 is 1.61 bits per heavy atom. The molecule has 1 heterocycles. The number of ether oxygens (including phenoxy) is 3. The minimum absolute atomic E-state index is 0.104. The van der Waals surface area contributed by atoms with Crippen molar-refractivity contribution < 1.29 is 23.4 Å². The van der Waals surface area contributed by atoms with E-state index in [0.29, 0.717) is 33.1 Å². The number of para-hydroxylation sites is 1. The summed E-state index contributed by atoms with van der Waals surface area (Å²) in [6.45, 7) is 0. The smallest absolute Gasteiger partial charge is 0.343 e. The number of hydrogen-bond donors (Lipinski definition) is 0. The van der Waals surface area contributed by atoms with Gasteiger partial charge in [-0.1, -0.05) is 23.7 Å². The monoisotopic (exact) mass is 436 g/mol. The summed E-state index contributed by atoms with van der Waals surface area (Å²) in [6, 6.07) is 17.9. The minimum atomic E-state index is -0.707. The summed E-state index contributed by atoms with van der Waals surface area (Å²) in [6.07, 6.45) is 0. The van der Waals surface area contributed by atoms with Gasteiger partial charge < -0.3 is 18.6 Å². The molecule has 0 bridgehead atoms. The maximum Gasteiger partial charge on any atom is 0.343 e. The first kappa shape index (κ1) is 20.5. The summed E-state index contributed by atoms with van der Waals surface area (Å²) in [5.74, 6) is 0.124. The Balaban J connectivity index is 1.89. The van der Waals surface area contributed by atoms with Gasteiger partial charge >= 0.3 is 5.97 Å². The molecule has 0 radical (unpaired) electrons. The van der Waals surface area contributed by atoms with E-state index in [2.05, 4.69) is 0 Å². The maximum absolute atomic E-state index is 13.2. The second-order valence-corrected chi connectivity index (χ2v) is 6.99. The zero-order valence-corrected chi connectivity index (χ0v) is 17.4. The molecular formula is C24H17ClO6. The molecule has 6 nitrogen and oxygen atoms in total. The maximum atomic E-state index is 13.2. The lowest BCUT2D eigenvalue weighted by atomic mass is 10.1. The Kier molecular flexibility index (Phi) is 5.64. The molecule has 156 valence electrons. The average molecular weight is 437 g/mol. The van der Waals surface area contributed by atoms with Crippen LogP contribution in [-0.4, -0.2) is 20.2 Å². The van der Waals surface area contributed by atoms with Gasteiger partial charge in [-0.05, 0) is 54.6 Å². The van der Waals surface area contributed by atoms with Crippen LogP contribution in [0.1, 0.15) is 10.4 Å². The van der Waals surface area contributed by atoms with Crippen molar-refractivity contribution in [3.8, 4) is 28.6 Å². The van der Waals surface area contributed by atoms with Gasteiger partial charge in [0.15, 0.2) is 17.3 Å². The second-order valence-electron chi connectivity index (χ2n) is 6.55. The molecule has 1 aromatic heterocycles. The number of rotatable bonds is 5. The number of carbonyl (C=O) groups is 1. The van der Waals surface area contributed by atoms with Crippen LogP contribution < -0.4 is 19.6 Å². The molecule has 0 aliphatic carbocycles. The lowest BCUT2D eigenvalue weighted by Gasteiger charge is -2.13. The van der Waals surface area contributed by atoms with E-state index in [9.17, 15) is 9.59 Å². The third kappa shape index (κ3) is 3.98. The number of methoxy groups -OCH3 is 2. The van der Waals surface area contributed by atoms with E-state index in [4.69, 9.17) is 30.2 Å². The third-order valence-electron chi connectivity index (χ3n) is 4.68. The van der Waals surface area contributed by atoms with Crippen molar-refractivity contribution in [2.24, 2.45) is 0 Å². The van der Waals surface area contributed by atoms with Crippen molar-refractivity contribution in [3.63, 3.8) is 0 Å². The molecule has 0 atom stereocenters. The van der Waals surface area contributed by atoms with Crippen LogP contribution in [0.5, 0.6) is 17.2 Å². The standard InChI is InChI=1S/C24H17ClO6/c1-28-19-12-9-15(13-20(19)29-2)22-23(21(26)17-5-3-4-6-18(17)30-22)31-24(27)14-7-10-16(25)11-8-14/h3-13H,1-2H3. The van der Waals surface area contributed by atoms with E-state index in [0.717, 1.165) is 0 Å². The quantitative estimate of drug-likeness (QED) is 0.392. The van der Waals surface area contributed by atoms with Crippen LogP contribution in [0.4, 0.5) is 0 Å². The predicted molar refractivity (Wildman–Crippen MR) is 117 cm³/mol. The molecule has 0 aliphatic rings. The fourth-order valence-electron chi connectivity index (χ4n) is 3.12. The van der Waals surface area contributed by atoms with Gasteiger partial charge in [-0.3, -0.25) is 4.79 Å². The number of carbonyl (C=O) groups excluding carboxylic acids is 1. The number of fused-ring (bicyclic) bond motifs is 1. The first-order valence-electron chi connectivity index (χ1n) is 9.28. The Labute approximate surface area is 182 Å². The fourth-order valence-corrected chi connectivity index (χ4v) is 3.25. The number of benzene rings is 3. The summed E-state index contributed by atoms with van der Waals surface area (Å²) < 4.78 is 22.2. The Bertz CT molecular complexity index is 1320. The van der Waals surface area contributed by atoms with Gasteiger partial charge in [-0.15, -0.1) is 0 Å². The summed E-state index contributed by atoms with van der Waals surface area (Å²) >= 11 is 5.89. The summed E-state index contributed by atoms with van der Waals surface area (Å²) in [7, 11) is 3.02. The average Bonchev–Trinajstić information content (AvgIpc) is 2.80. The summed E-state index contributed by atoms with van der Waals surface area (Å²) in [5, 5.41) is 0.776. The molecule has 0 spiro atoms. The van der Waals surface area contributed by atoms with Crippen LogP contribution in [0.15, 0.2) is 75.9 Å². The second kappa shape index (κ2) is 8.53. The Hall–Kier alpha value is -3.77. The molecule has 0 aliphatic heterocycles. The van der Waals surface area contributed by atoms with E-state index in [1.54, 1.807) is 54.6 Å². The highest BCUT2D eigenvalue weighted by atomic mass is 35.5. The van der Waals surface area contributed by atoms with Crippen molar-refractivity contribution in [1.29, 1.82) is 0 Å². The molecule has 4 aromatic rings. The molecule has 0 N–H and O–H groups in total. The van der Waals surface area contributed by atoms with Crippen LogP contribution in [0.2, 0.25) is 5.02 Å². The first-order valence-corrected chi connectivity index (χ1v) is 9.65. The molecule has 7 heteroatoms. The minimum Gasteiger partial charge on any atom is -0.493 e. The Morgan fingerprint density at radius 1 is 0.903 bits per heavy atom. The molecule has 3 aromatic carbocycles. The van der Waals surface area contributed by atoms with Crippen LogP contribution >= 0.6 is 11.6 Å². The molecule has 0 fully saturated rings. The Morgan fingerprint density at radius 3 is 2.32 bits per heavy atom. The molecule has 0 amide bonds. The molecule has 4 rings (SSSR count). The van der Waals surface area contributed by atoms with Gasteiger partial charge in [-0.2, -0.15) is 0 Å². The topological polar surface area (TPSA) is 75.0 Å². The van der Waals surface area contributed by atoms with Gasteiger partial charge in [-0.25, -0.2) is 4.79 Å². The van der Waals surface area contributed by atoms with E-state index < -0.39 is 11.4 Å². The lowest BCUT2D eigenvalue weighted by molar-refractivity contribution is 0.0731. The van der Waals surface area contributed by atoms with Crippen LogP contribution in [0, 0.1) is 0 Å². The first-order chi connectivity index (χ1) is 15.0. The molecule has 31 heavy (non-hydrogen) atoms. The van der Waals surface area contributed by atoms with Crippen molar-refractivity contribution >= 4 is 28.5 Å². The van der Waals surface area contributed by atoms with Crippen molar-refractivity contribution in [3.05, 3.63) is 87.5 Å². The SMILES string of the molecule is COc1ccc(-c2oc3ccccc3c(=O)c2OC(=O)c2ccc(Cl)cc2)cc1OC. The molecule has 0 unspecified atom stereocenters. The van der Waals surface area contributed by atoms with E-state index in [1.165, 1.54) is 26.4 Å². The van der Waals surface area contributed by atoms with Crippen molar-refractivity contribution in [2.45, 2.75) is 0 Å². The van der Waals surface area contributed by atoms with Gasteiger partial charge in [0, 0.05) is 10.6 Å². The third-order valence-corrected chi connectivity index (χ3v) is 4.93. The normalized spacial score (nSPS) is 10.7. The van der Waals surface area contributed by atoms with Gasteiger partial charge in [0.05, 0.1) is 25.2 Å². The fraction of sp³-hybridized carbons (Fsp3) is 0.0833. The largest absolute Gasteiger partial charge is 0.493 e. The van der Waals surface area contributed by atoms with Gasteiger partial charge in [0.25, 0.3) is 0 Å². The molecular weight excluding hydrogens is 420 g/mol. The predicted octanol–water partition coefficient (Wildman–Crippen LogP) is 5.35. The molecule has 0 saturated heterocycles. The summed E-state index contributed by atoms with van der Waals surface area (Å²) in [4.78, 5) is 25.9. The van der Waals surface area contributed by atoms with Gasteiger partial charge in [0.2, 0.25) is 11.2 Å². The number of hydrogen-bond acceptors (Lipinski definition) is 6. The number of halogens is 1. The highest BCUT2D eigenvalue weighted by Gasteiger charge is 2.22. The van der Waals surface area contributed by atoms with E-state index >= 15 is 0 Å². The zero-order valence-electron chi connectivity index (χ0n) is 16.7. The zero-order chi connectivity index (χ0) is 22.0. The van der Waals surface area contributed by atoms with Crippen LogP contribution in [0.25, 0.3) is 22.3 Å². The van der Waals surface area contributed by atoms with E-state index in [-0.39, 0.29) is 17.1 Å². The molecule has 0 saturated carbocycles. The van der Waals surface area contributed by atoms with Crippen molar-refractivity contribution in [1.82, 2.24) is 0 Å². The van der Waals surface area contributed by atoms with Crippen molar-refractivity contribution in [2.75, 3.05) is 14.2 Å². The number of esters is 1. The summed E-state index contributed by atoms with van der Waals surface area (Å²) in [5.41, 5.74) is 0.632. The highest BCUT2D eigenvalue weighted by molar-refractivity contribution is 6.30. The van der Waals surface area contributed by atoms with Crippen LogP contribution in [-0.2, 0) is 0 Å². The van der Waals surface area contributed by atoms with E-state index in [1.807, 2.05) is 0 Å². The van der Waals surface area contributed by atoms with Gasteiger partial charge in [0.1, 0.15) is 5.58 Å². The lowest BCUT2D eigenvalue weighted by Crippen LogP contribution is -2.16.